The van der Waals surface area contributed by atoms with E-state index >= 15 is 0 Å². The lowest BCUT2D eigenvalue weighted by Crippen LogP contribution is -2.27. The first-order chi connectivity index (χ1) is 20.9. The minimum absolute atomic E-state index is 0.127. The molecule has 3 aromatic rings. The first kappa shape index (κ1) is 39.0. The summed E-state index contributed by atoms with van der Waals surface area (Å²) in [6, 6.07) is 19.7. The van der Waals surface area contributed by atoms with Crippen molar-refractivity contribution in [3.8, 4) is 0 Å². The lowest BCUT2D eigenvalue weighted by Gasteiger charge is -2.14. The largest absolute Gasteiger partial charge is 0.478 e. The van der Waals surface area contributed by atoms with Gasteiger partial charge in [-0.1, -0.05) is 0 Å². The van der Waals surface area contributed by atoms with Crippen molar-refractivity contribution in [1.82, 2.24) is 10.2 Å². The molecule has 10 nitrogen and oxygen atoms in total. The van der Waals surface area contributed by atoms with Gasteiger partial charge in [-0.3, -0.25) is 14.4 Å². The fourth-order valence-electron chi connectivity index (χ4n) is 3.64. The third-order valence-corrected chi connectivity index (χ3v) is 6.32. The van der Waals surface area contributed by atoms with E-state index in [-0.39, 0.29) is 11.5 Å². The number of carboxylic acid groups (broad SMARTS) is 1. The molecule has 0 spiro atoms. The minimum atomic E-state index is -1.67. The third kappa shape index (κ3) is 17.3. The van der Waals surface area contributed by atoms with Crippen LogP contribution in [0, 0.1) is 0 Å². The van der Waals surface area contributed by atoms with E-state index in [1.807, 2.05) is 4.90 Å². The number of anilines is 3. The summed E-state index contributed by atoms with van der Waals surface area (Å²) in [5.74, 6) is -0.803. The molecule has 5 rings (SSSR count). The number of rotatable bonds is 4. The lowest BCUT2D eigenvalue weighted by atomic mass is 10.2. The molecule has 0 aliphatic carbocycles. The Balaban J connectivity index is 0.000000293. The topological polar surface area (TPSA) is 168 Å². The quantitative estimate of drug-likeness (QED) is 0.115. The average Bonchev–Trinajstić information content (AvgIpc) is 3.76. The molecule has 2 fully saturated rings. The molecule has 0 saturated carbocycles. The smallest absolute Gasteiger partial charge is 0.335 e. The standard InChI is InChI=1S/C11H14N2O.C7H5Cl2NO.C7H7NO2.C4H9N.Cl2OS/c12-10-5-3-9(4-6-10)11(14)13-7-1-2-8-13;8-7(11)5-1-3-6(10-9)4-2-5;8-6-3-1-5(2-4-6)7(9)10;1-2-4-5-3-1;1-4(2)3/h3-6H,1-2,7-8,12H2;1-4,10H;1-4H,8H2,(H,9,10);5H,1-4H2;. The molecule has 7 N–H and O–H groups in total. The Morgan fingerprint density at radius 1 is 0.750 bits per heavy atom. The maximum absolute atomic E-state index is 11.8. The fraction of sp³-hybridized carbons (Fsp3) is 0.276. The van der Waals surface area contributed by atoms with Gasteiger partial charge in [-0.15, -0.1) is 0 Å². The molecule has 2 saturated heterocycles. The van der Waals surface area contributed by atoms with Crippen LogP contribution in [0.1, 0.15) is 56.8 Å². The molecule has 15 heteroatoms. The van der Waals surface area contributed by atoms with Crippen LogP contribution in [0.5, 0.6) is 0 Å². The maximum atomic E-state index is 11.8. The number of nitrogens with two attached hydrogens (primary N) is 2. The monoisotopic (exact) mass is 705 g/mol. The number of likely N-dealkylation sites (tertiary alicyclic amines) is 1. The molecule has 2 heterocycles. The Morgan fingerprint density at radius 3 is 1.50 bits per heavy atom. The molecule has 240 valence electrons. The maximum Gasteiger partial charge on any atom is 0.335 e. The van der Waals surface area contributed by atoms with Gasteiger partial charge in [0.1, 0.15) is 0 Å². The molecule has 2 aliphatic rings. The zero-order valence-electron chi connectivity index (χ0n) is 23.7. The highest BCUT2D eigenvalue weighted by atomic mass is 36.0. The molecule has 0 atom stereocenters. The van der Waals surface area contributed by atoms with Crippen LogP contribution >= 0.6 is 44.7 Å². The number of benzene rings is 3. The second-order valence-corrected chi connectivity index (χ2v) is 12.2. The Hall–Kier alpha value is -3.06. The lowest BCUT2D eigenvalue weighted by molar-refractivity contribution is 0.0696. The van der Waals surface area contributed by atoms with Crippen LogP contribution < -0.4 is 21.6 Å². The highest BCUT2D eigenvalue weighted by molar-refractivity contribution is 8.26. The number of nitrogen functional groups attached to an aromatic ring is 2. The van der Waals surface area contributed by atoms with E-state index in [0.717, 1.165) is 37.2 Å². The number of amides is 1. The summed E-state index contributed by atoms with van der Waals surface area (Å²) in [7, 11) is 7.36. The predicted molar refractivity (Wildman–Crippen MR) is 182 cm³/mol. The molecule has 0 radical (unpaired) electrons. The van der Waals surface area contributed by atoms with Gasteiger partial charge in [0.25, 0.3) is 11.1 Å². The van der Waals surface area contributed by atoms with E-state index in [4.69, 9.17) is 44.2 Å². The second-order valence-electron chi connectivity index (χ2n) is 9.14. The Kier molecular flexibility index (Phi) is 19.9. The summed E-state index contributed by atoms with van der Waals surface area (Å²) in [5.41, 5.74) is 14.3. The van der Waals surface area contributed by atoms with Gasteiger partial charge in [0.05, 0.1) is 5.56 Å². The van der Waals surface area contributed by atoms with Crippen molar-refractivity contribution < 1.29 is 23.7 Å². The van der Waals surface area contributed by atoms with E-state index in [1.165, 1.54) is 38.1 Å². The van der Waals surface area contributed by atoms with E-state index in [1.54, 1.807) is 60.7 Å². The zero-order valence-corrected chi connectivity index (χ0v) is 27.5. The van der Waals surface area contributed by atoms with Gasteiger partial charge in [0, 0.05) is 74.4 Å². The highest BCUT2D eigenvalue weighted by Gasteiger charge is 2.18. The van der Waals surface area contributed by atoms with Crippen LogP contribution in [-0.2, 0) is 9.23 Å². The minimum Gasteiger partial charge on any atom is -0.478 e. The van der Waals surface area contributed by atoms with Crippen molar-refractivity contribution in [3.63, 3.8) is 0 Å². The predicted octanol–water partition coefficient (Wildman–Crippen LogP) is 6.52. The first-order valence-electron chi connectivity index (χ1n) is 13.3. The van der Waals surface area contributed by atoms with Gasteiger partial charge in [-0.2, -0.15) is 0 Å². The average molecular weight is 708 g/mol. The second kappa shape index (κ2) is 22.4. The van der Waals surface area contributed by atoms with E-state index in [2.05, 4.69) is 31.5 Å². The van der Waals surface area contributed by atoms with Crippen LogP contribution in [0.4, 0.5) is 17.1 Å². The van der Waals surface area contributed by atoms with Crippen LogP contribution in [0.2, 0.25) is 0 Å². The zero-order chi connectivity index (χ0) is 32.9. The van der Waals surface area contributed by atoms with Crippen LogP contribution in [0.15, 0.2) is 72.8 Å². The van der Waals surface area contributed by atoms with Gasteiger partial charge >= 0.3 is 5.97 Å². The normalized spacial score (nSPS) is 13.0. The summed E-state index contributed by atoms with van der Waals surface area (Å²) in [5, 5.41) is 11.2. The van der Waals surface area contributed by atoms with Crippen molar-refractivity contribution in [1.29, 1.82) is 0 Å². The Morgan fingerprint density at radius 2 is 1.16 bits per heavy atom. The molecule has 44 heavy (non-hydrogen) atoms. The summed E-state index contributed by atoms with van der Waals surface area (Å²) in [4.78, 5) is 37.0. The Bertz CT molecular complexity index is 1300. The number of carboxylic acids is 1. The number of hydrogen-bond donors (Lipinski definition) is 5. The van der Waals surface area contributed by atoms with Crippen LogP contribution in [0.25, 0.3) is 0 Å². The number of halogens is 4. The molecule has 0 bridgehead atoms. The van der Waals surface area contributed by atoms with Crippen LogP contribution in [0.3, 0.4) is 0 Å². The number of aromatic carboxylic acids is 1. The Labute approximate surface area is 278 Å². The van der Waals surface area contributed by atoms with Crippen molar-refractivity contribution in [2.45, 2.75) is 25.7 Å². The molecular weight excluding hydrogens is 672 g/mol. The molecule has 2 aliphatic heterocycles. The number of nitrogens with zero attached hydrogens (tertiary/aromatic N) is 1. The van der Waals surface area contributed by atoms with E-state index < -0.39 is 20.4 Å². The van der Waals surface area contributed by atoms with E-state index in [0.29, 0.717) is 16.9 Å². The summed E-state index contributed by atoms with van der Waals surface area (Å²) in [6.07, 6.45) is 5.03. The van der Waals surface area contributed by atoms with Crippen molar-refractivity contribution in [2.75, 3.05) is 42.5 Å². The van der Waals surface area contributed by atoms with Crippen molar-refractivity contribution in [3.05, 3.63) is 89.5 Å². The van der Waals surface area contributed by atoms with Gasteiger partial charge in [0.2, 0.25) is 9.23 Å². The fourth-order valence-corrected chi connectivity index (χ4v) is 3.90. The number of hydrogen-bond acceptors (Lipinski definition) is 8. The SMILES string of the molecule is C1CCNC1.Nc1ccc(C(=O)N2CCCC2)cc1.Nc1ccc(C(=O)O)cc1.O=C(Cl)c1ccc(NCl)cc1.O=S(Cl)Cl. The number of nitrogens with one attached hydrogen (secondary N) is 2. The molecular formula is C29H35Cl4N5O5S. The van der Waals surface area contributed by atoms with Crippen molar-refractivity contribution >= 4 is 88.2 Å². The van der Waals surface area contributed by atoms with E-state index in [9.17, 15) is 14.4 Å². The van der Waals surface area contributed by atoms with Crippen molar-refractivity contribution in [2.24, 2.45) is 0 Å². The highest BCUT2D eigenvalue weighted by Crippen LogP contribution is 2.14. The van der Waals surface area contributed by atoms with Gasteiger partial charge in [-0.25, -0.2) is 9.00 Å². The molecule has 3 aromatic carbocycles. The third-order valence-electron chi connectivity index (χ3n) is 5.89. The summed E-state index contributed by atoms with van der Waals surface area (Å²) in [6.45, 7) is 4.28. The molecule has 0 unspecified atom stereocenters. The molecule has 0 aromatic heterocycles. The summed E-state index contributed by atoms with van der Waals surface area (Å²) >= 11 is 10.5. The summed E-state index contributed by atoms with van der Waals surface area (Å²) < 4.78 is 9.09. The van der Waals surface area contributed by atoms with Gasteiger partial charge in [-0.05, 0) is 123 Å². The van der Waals surface area contributed by atoms with Crippen LogP contribution in [-0.4, -0.2) is 57.5 Å². The number of carbonyl (C=O) groups excluding carboxylic acids is 2. The molecule has 1 amide bonds. The van der Waals surface area contributed by atoms with Gasteiger partial charge < -0.3 is 26.8 Å². The number of carbonyl (C=O) groups is 3. The first-order valence-corrected chi connectivity index (χ1v) is 16.9. The van der Waals surface area contributed by atoms with Gasteiger partial charge in [0.15, 0.2) is 0 Å².